The molecular formula is C31H25Cl2N5. The molecular weight excluding hydrogens is 513 g/mol. The highest BCUT2D eigenvalue weighted by atomic mass is 35.5. The fourth-order valence-corrected chi connectivity index (χ4v) is 4.31. The summed E-state index contributed by atoms with van der Waals surface area (Å²) in [6.45, 7) is 4.21. The van der Waals surface area contributed by atoms with Gasteiger partial charge in [0.15, 0.2) is 0 Å². The highest BCUT2D eigenvalue weighted by Crippen LogP contribution is 2.35. The molecule has 0 saturated heterocycles. The molecule has 0 amide bonds. The predicted octanol–water partition coefficient (Wildman–Crippen LogP) is 9.18. The van der Waals surface area contributed by atoms with Crippen molar-refractivity contribution in [2.75, 3.05) is 10.2 Å². The largest absolute Gasteiger partial charge is 0.324 e. The van der Waals surface area contributed by atoms with Crippen LogP contribution in [0.15, 0.2) is 97.1 Å². The summed E-state index contributed by atoms with van der Waals surface area (Å²) in [5.74, 6) is 0.295. The number of rotatable bonds is 7. The molecule has 38 heavy (non-hydrogen) atoms. The summed E-state index contributed by atoms with van der Waals surface area (Å²) in [6.07, 6.45) is 4.17. The number of aromatic nitrogens is 3. The van der Waals surface area contributed by atoms with Crippen molar-refractivity contribution in [3.05, 3.63) is 130 Å². The summed E-state index contributed by atoms with van der Waals surface area (Å²) in [5.41, 5.74) is 8.81. The number of nitrogens with zero attached hydrogens (tertiary/aromatic N) is 4. The lowest BCUT2D eigenvalue weighted by Crippen LogP contribution is -2.09. The molecule has 5 rings (SSSR count). The van der Waals surface area contributed by atoms with Gasteiger partial charge >= 0.3 is 0 Å². The first-order valence-electron chi connectivity index (χ1n) is 12.1. The minimum Gasteiger partial charge on any atom is -0.324 e. The van der Waals surface area contributed by atoms with E-state index >= 15 is 0 Å². The molecule has 0 aliphatic carbocycles. The maximum atomic E-state index is 5.84. The van der Waals surface area contributed by atoms with Gasteiger partial charge in [-0.25, -0.2) is 0 Å². The van der Waals surface area contributed by atoms with Gasteiger partial charge in [-0.1, -0.05) is 71.8 Å². The molecule has 0 saturated carbocycles. The van der Waals surface area contributed by atoms with Crippen molar-refractivity contribution in [2.45, 2.75) is 13.8 Å². The second-order valence-electron chi connectivity index (χ2n) is 8.88. The third kappa shape index (κ3) is 6.38. The Morgan fingerprint density at radius 3 is 1.39 bits per heavy atom. The Morgan fingerprint density at radius 1 is 0.553 bits per heavy atom. The maximum Gasteiger partial charge on any atom is 0.232 e. The number of nitrogens with one attached hydrogen (secondary N) is 1. The Hall–Kier alpha value is -4.19. The van der Waals surface area contributed by atoms with Gasteiger partial charge in [0.2, 0.25) is 16.5 Å². The Morgan fingerprint density at radius 2 is 0.947 bits per heavy atom. The van der Waals surface area contributed by atoms with Crippen LogP contribution in [-0.4, -0.2) is 15.0 Å². The molecule has 0 radical (unpaired) electrons. The molecule has 0 aliphatic rings. The van der Waals surface area contributed by atoms with E-state index in [2.05, 4.69) is 124 Å². The normalized spacial score (nSPS) is 11.1. The van der Waals surface area contributed by atoms with E-state index in [0.29, 0.717) is 5.95 Å². The summed E-state index contributed by atoms with van der Waals surface area (Å²) in [7, 11) is 0. The first-order chi connectivity index (χ1) is 18.4. The minimum atomic E-state index is 0.0407. The number of halogens is 2. The van der Waals surface area contributed by atoms with Gasteiger partial charge in [-0.15, -0.1) is 0 Å². The van der Waals surface area contributed by atoms with Crippen LogP contribution in [0.5, 0.6) is 0 Å². The Kier molecular flexibility index (Phi) is 7.68. The van der Waals surface area contributed by atoms with Gasteiger partial charge in [-0.05, 0) is 96.7 Å². The quantitative estimate of drug-likeness (QED) is 0.209. The van der Waals surface area contributed by atoms with E-state index in [9.17, 15) is 0 Å². The van der Waals surface area contributed by atoms with Crippen LogP contribution in [0.3, 0.4) is 0 Å². The van der Waals surface area contributed by atoms with E-state index in [4.69, 9.17) is 23.2 Å². The van der Waals surface area contributed by atoms with Crippen molar-refractivity contribution < 1.29 is 0 Å². The molecule has 1 aromatic heterocycles. The molecule has 5 aromatic rings. The lowest BCUT2D eigenvalue weighted by Gasteiger charge is -2.25. The van der Waals surface area contributed by atoms with Crippen molar-refractivity contribution in [2.24, 2.45) is 0 Å². The van der Waals surface area contributed by atoms with E-state index in [1.165, 1.54) is 11.1 Å². The average Bonchev–Trinajstić information content (AvgIpc) is 2.91. The van der Waals surface area contributed by atoms with Crippen molar-refractivity contribution in [3.63, 3.8) is 0 Å². The smallest absolute Gasteiger partial charge is 0.232 e. The fraction of sp³-hybridized carbons (Fsp3) is 0.0645. The van der Waals surface area contributed by atoms with Crippen LogP contribution in [0.1, 0.15) is 22.3 Å². The molecule has 0 atom stereocenters. The van der Waals surface area contributed by atoms with Crippen molar-refractivity contribution in [1.82, 2.24) is 15.0 Å². The lowest BCUT2D eigenvalue weighted by atomic mass is 10.1. The molecule has 7 heteroatoms. The summed E-state index contributed by atoms with van der Waals surface area (Å²) in [5, 5.41) is 3.16. The number of hydrogen-bond donors (Lipinski definition) is 1. The van der Waals surface area contributed by atoms with Crippen molar-refractivity contribution >= 4 is 64.1 Å². The van der Waals surface area contributed by atoms with Gasteiger partial charge in [0.05, 0.1) is 0 Å². The fourth-order valence-electron chi connectivity index (χ4n) is 3.95. The van der Waals surface area contributed by atoms with Gasteiger partial charge in [-0.2, -0.15) is 15.0 Å². The van der Waals surface area contributed by atoms with Crippen molar-refractivity contribution in [1.29, 1.82) is 0 Å². The van der Waals surface area contributed by atoms with E-state index in [1.54, 1.807) is 0 Å². The molecule has 1 heterocycles. The van der Waals surface area contributed by atoms with Gasteiger partial charge < -0.3 is 10.2 Å². The second-order valence-corrected chi connectivity index (χ2v) is 9.55. The third-order valence-corrected chi connectivity index (χ3v) is 6.29. The predicted molar refractivity (Wildman–Crippen MR) is 159 cm³/mol. The SMILES string of the molecule is Cc1ccc(N(c2ccc(C)cc2)c2ccc(/C=C/c3ccc(Nc4nc(Cl)nc(Cl)n4)cc3)cc2)cc1. The zero-order valence-corrected chi connectivity index (χ0v) is 22.4. The monoisotopic (exact) mass is 537 g/mol. The molecule has 0 bridgehead atoms. The zero-order valence-electron chi connectivity index (χ0n) is 20.9. The van der Waals surface area contributed by atoms with Crippen LogP contribution in [0.4, 0.5) is 28.7 Å². The van der Waals surface area contributed by atoms with Crippen LogP contribution < -0.4 is 10.2 Å². The van der Waals surface area contributed by atoms with Crippen LogP contribution in [0, 0.1) is 13.8 Å². The Bertz CT molecular complexity index is 1480. The molecule has 0 unspecified atom stereocenters. The highest BCUT2D eigenvalue weighted by molar-refractivity contribution is 6.31. The van der Waals surface area contributed by atoms with E-state index in [-0.39, 0.29) is 10.6 Å². The number of anilines is 5. The van der Waals surface area contributed by atoms with Crippen LogP contribution in [0.2, 0.25) is 10.6 Å². The lowest BCUT2D eigenvalue weighted by molar-refractivity contribution is 1.05. The summed E-state index contributed by atoms with van der Waals surface area (Å²) in [4.78, 5) is 14.1. The highest BCUT2D eigenvalue weighted by Gasteiger charge is 2.12. The first-order valence-corrected chi connectivity index (χ1v) is 12.8. The summed E-state index contributed by atoms with van der Waals surface area (Å²) < 4.78 is 0. The standard InChI is InChI=1S/C31H25Cl2N5/c1-21-3-15-26(16-4-21)38(27-17-5-22(2)6-18-27)28-19-11-24(12-20-28)8-7-23-9-13-25(14-10-23)34-31-36-29(32)35-30(33)37-31/h3-20H,1-2H3,(H,34,35,36,37)/b8-7+. The Balaban J connectivity index is 1.32. The topological polar surface area (TPSA) is 53.9 Å². The number of hydrogen-bond acceptors (Lipinski definition) is 5. The van der Waals surface area contributed by atoms with Crippen LogP contribution >= 0.6 is 23.2 Å². The molecule has 5 nitrogen and oxygen atoms in total. The van der Waals surface area contributed by atoms with E-state index in [0.717, 1.165) is 33.9 Å². The zero-order chi connectivity index (χ0) is 26.5. The number of benzene rings is 4. The van der Waals surface area contributed by atoms with Gasteiger partial charge in [0, 0.05) is 22.7 Å². The van der Waals surface area contributed by atoms with Crippen molar-refractivity contribution in [3.8, 4) is 0 Å². The molecule has 0 spiro atoms. The first kappa shape index (κ1) is 25.5. The molecule has 4 aromatic carbocycles. The Labute approximate surface area is 232 Å². The van der Waals surface area contributed by atoms with Crippen LogP contribution in [-0.2, 0) is 0 Å². The summed E-state index contributed by atoms with van der Waals surface area (Å²) >= 11 is 11.7. The molecule has 1 N–H and O–H groups in total. The number of aryl methyl sites for hydroxylation is 2. The van der Waals surface area contributed by atoms with Gasteiger partial charge in [-0.3, -0.25) is 0 Å². The third-order valence-electron chi connectivity index (χ3n) is 5.95. The van der Waals surface area contributed by atoms with E-state index < -0.39 is 0 Å². The summed E-state index contributed by atoms with van der Waals surface area (Å²) in [6, 6.07) is 33.7. The molecule has 0 fully saturated rings. The molecule has 188 valence electrons. The second kappa shape index (κ2) is 11.5. The minimum absolute atomic E-state index is 0.0407. The van der Waals surface area contributed by atoms with Gasteiger partial charge in [0.1, 0.15) is 0 Å². The van der Waals surface area contributed by atoms with E-state index in [1.807, 2.05) is 24.3 Å². The average molecular weight is 538 g/mol. The van der Waals surface area contributed by atoms with Gasteiger partial charge in [0.25, 0.3) is 0 Å². The van der Waals surface area contributed by atoms with Crippen LogP contribution in [0.25, 0.3) is 12.2 Å². The molecule has 0 aliphatic heterocycles. The maximum absolute atomic E-state index is 5.84.